The van der Waals surface area contributed by atoms with Crippen LogP contribution in [0.3, 0.4) is 0 Å². The van der Waals surface area contributed by atoms with E-state index in [1.807, 2.05) is 11.8 Å². The molecule has 0 bridgehead atoms. The van der Waals surface area contributed by atoms with Crippen LogP contribution < -0.4 is 4.74 Å². The number of carboxylic acids is 1. The van der Waals surface area contributed by atoms with Crippen molar-refractivity contribution < 1.29 is 23.8 Å². The quantitative estimate of drug-likeness (QED) is 0.813. The smallest absolute Gasteiger partial charge is 0.317 e. The summed E-state index contributed by atoms with van der Waals surface area (Å²) in [4.78, 5) is 27.1. The van der Waals surface area contributed by atoms with Crippen molar-refractivity contribution in [2.45, 2.75) is 38.8 Å². The number of hydrogen-bond donors (Lipinski definition) is 1. The molecule has 1 N–H and O–H groups in total. The molecule has 1 unspecified atom stereocenters. The van der Waals surface area contributed by atoms with E-state index in [1.54, 1.807) is 24.0 Å². The van der Waals surface area contributed by atoms with Gasteiger partial charge in [-0.3, -0.25) is 14.5 Å². The van der Waals surface area contributed by atoms with Gasteiger partial charge in [0.15, 0.2) is 17.7 Å². The van der Waals surface area contributed by atoms with Gasteiger partial charge in [-0.25, -0.2) is 4.39 Å². The molecular weight excluding hydrogens is 327 g/mol. The van der Waals surface area contributed by atoms with Crippen molar-refractivity contribution in [3.05, 3.63) is 30.1 Å². The molecular formula is C18H25FN2O4. The Balaban J connectivity index is 1.88. The summed E-state index contributed by atoms with van der Waals surface area (Å²) in [5.41, 5.74) is 0. The normalized spacial score (nSPS) is 16.7. The number of likely N-dealkylation sites (N-methyl/N-ethyl adjacent to an activating group) is 1. The third-order valence-electron chi connectivity index (χ3n) is 4.53. The van der Waals surface area contributed by atoms with Crippen LogP contribution in [0.4, 0.5) is 4.39 Å². The second-order valence-electron chi connectivity index (χ2n) is 6.20. The molecule has 2 rings (SSSR count). The highest BCUT2D eigenvalue weighted by molar-refractivity contribution is 5.81. The highest BCUT2D eigenvalue weighted by Crippen LogP contribution is 2.20. The lowest BCUT2D eigenvalue weighted by Gasteiger charge is -2.38. The Morgan fingerprint density at radius 1 is 1.36 bits per heavy atom. The van der Waals surface area contributed by atoms with Crippen LogP contribution in [0.15, 0.2) is 24.3 Å². The summed E-state index contributed by atoms with van der Waals surface area (Å²) in [6, 6.07) is 6.17. The van der Waals surface area contributed by atoms with Crippen LogP contribution in [0, 0.1) is 5.82 Å². The highest BCUT2D eigenvalue weighted by Gasteiger charge is 2.30. The van der Waals surface area contributed by atoms with E-state index in [0.717, 1.165) is 12.8 Å². The third-order valence-corrected chi connectivity index (χ3v) is 4.53. The first-order valence-electron chi connectivity index (χ1n) is 8.58. The number of amides is 1. The number of nitrogens with zero attached hydrogens (tertiary/aromatic N) is 2. The van der Waals surface area contributed by atoms with Gasteiger partial charge in [-0.05, 0) is 38.4 Å². The predicted octanol–water partition coefficient (Wildman–Crippen LogP) is 1.99. The summed E-state index contributed by atoms with van der Waals surface area (Å²) in [6.07, 6.45) is 0.674. The van der Waals surface area contributed by atoms with Gasteiger partial charge in [0.05, 0.1) is 6.54 Å². The van der Waals surface area contributed by atoms with Gasteiger partial charge in [0.1, 0.15) is 0 Å². The Morgan fingerprint density at radius 2 is 2.00 bits per heavy atom. The number of aliphatic carboxylic acids is 1. The predicted molar refractivity (Wildman–Crippen MR) is 91.0 cm³/mol. The van der Waals surface area contributed by atoms with E-state index in [2.05, 4.69) is 0 Å². The molecule has 1 saturated heterocycles. The first kappa shape index (κ1) is 19.2. The van der Waals surface area contributed by atoms with Gasteiger partial charge in [0.2, 0.25) is 0 Å². The van der Waals surface area contributed by atoms with Crippen LogP contribution in [0.5, 0.6) is 5.75 Å². The Bertz CT molecular complexity index is 602. The Labute approximate surface area is 147 Å². The number of para-hydroxylation sites is 1. The Hall–Kier alpha value is -2.15. The maximum atomic E-state index is 13.6. The van der Waals surface area contributed by atoms with Gasteiger partial charge in [0.25, 0.3) is 5.91 Å². The number of carboxylic acid groups (broad SMARTS) is 1. The van der Waals surface area contributed by atoms with E-state index < -0.39 is 17.9 Å². The molecule has 0 aromatic heterocycles. The van der Waals surface area contributed by atoms with E-state index >= 15 is 0 Å². The van der Waals surface area contributed by atoms with E-state index in [9.17, 15) is 14.0 Å². The van der Waals surface area contributed by atoms with E-state index in [0.29, 0.717) is 19.6 Å². The summed E-state index contributed by atoms with van der Waals surface area (Å²) < 4.78 is 19.1. The molecule has 6 nitrogen and oxygen atoms in total. The van der Waals surface area contributed by atoms with Crippen LogP contribution in [0.1, 0.15) is 26.7 Å². The summed E-state index contributed by atoms with van der Waals surface area (Å²) in [7, 11) is 0. The monoisotopic (exact) mass is 352 g/mol. The van der Waals surface area contributed by atoms with Crippen molar-refractivity contribution in [3.8, 4) is 5.75 Å². The number of ether oxygens (including phenoxy) is 1. The number of carbonyl (C=O) groups is 2. The molecule has 1 aromatic rings. The van der Waals surface area contributed by atoms with Gasteiger partial charge in [-0.15, -0.1) is 0 Å². The zero-order chi connectivity index (χ0) is 18.4. The molecule has 1 fully saturated rings. The molecule has 7 heteroatoms. The fraction of sp³-hybridized carbons (Fsp3) is 0.556. The first-order chi connectivity index (χ1) is 11.9. The van der Waals surface area contributed by atoms with Gasteiger partial charge >= 0.3 is 5.97 Å². The molecule has 0 radical (unpaired) electrons. The zero-order valence-corrected chi connectivity index (χ0v) is 14.7. The topological polar surface area (TPSA) is 70.1 Å². The SMILES string of the molecule is CCN(CC(=O)O)C1CCN(C(=O)C(C)Oc2ccccc2F)CC1. The Kier molecular flexibility index (Phi) is 6.75. The lowest BCUT2D eigenvalue weighted by molar-refractivity contribution is -0.142. The van der Waals surface area contributed by atoms with Gasteiger partial charge in [0, 0.05) is 19.1 Å². The Morgan fingerprint density at radius 3 is 2.56 bits per heavy atom. The van der Waals surface area contributed by atoms with Crippen molar-refractivity contribution >= 4 is 11.9 Å². The number of hydrogen-bond acceptors (Lipinski definition) is 4. The minimum absolute atomic E-state index is 0.0158. The molecule has 0 aliphatic carbocycles. The molecule has 25 heavy (non-hydrogen) atoms. The largest absolute Gasteiger partial charge is 0.480 e. The van der Waals surface area contributed by atoms with Crippen molar-refractivity contribution in [1.82, 2.24) is 9.80 Å². The third kappa shape index (κ3) is 5.16. The van der Waals surface area contributed by atoms with Crippen LogP contribution in [-0.2, 0) is 9.59 Å². The van der Waals surface area contributed by atoms with Crippen molar-refractivity contribution in [2.24, 2.45) is 0 Å². The average molecular weight is 352 g/mol. The highest BCUT2D eigenvalue weighted by atomic mass is 19.1. The number of likely N-dealkylation sites (tertiary alicyclic amines) is 1. The molecule has 1 heterocycles. The van der Waals surface area contributed by atoms with Crippen LogP contribution in [-0.4, -0.2) is 65.1 Å². The van der Waals surface area contributed by atoms with E-state index in [-0.39, 0.29) is 24.2 Å². The fourth-order valence-electron chi connectivity index (χ4n) is 3.16. The number of piperidine rings is 1. The van der Waals surface area contributed by atoms with Crippen molar-refractivity contribution in [1.29, 1.82) is 0 Å². The summed E-state index contributed by atoms with van der Waals surface area (Å²) in [6.45, 7) is 5.32. The maximum Gasteiger partial charge on any atom is 0.317 e. The zero-order valence-electron chi connectivity index (χ0n) is 14.7. The lowest BCUT2D eigenvalue weighted by atomic mass is 10.0. The second kappa shape index (κ2) is 8.80. The molecule has 138 valence electrons. The van der Waals surface area contributed by atoms with E-state index in [1.165, 1.54) is 12.1 Å². The average Bonchev–Trinajstić information content (AvgIpc) is 2.61. The maximum absolute atomic E-state index is 13.6. The standard InChI is InChI=1S/C18H25FN2O4/c1-3-20(12-17(22)23)14-8-10-21(11-9-14)18(24)13(2)25-16-7-5-4-6-15(16)19/h4-7,13-14H,3,8-12H2,1-2H3,(H,22,23). The van der Waals surface area contributed by atoms with Crippen LogP contribution in [0.25, 0.3) is 0 Å². The summed E-state index contributed by atoms with van der Waals surface area (Å²) in [5.74, 6) is -1.44. The summed E-state index contributed by atoms with van der Waals surface area (Å²) in [5, 5.41) is 8.97. The van der Waals surface area contributed by atoms with Crippen LogP contribution in [0.2, 0.25) is 0 Å². The fourth-order valence-corrected chi connectivity index (χ4v) is 3.16. The number of halogens is 1. The summed E-state index contributed by atoms with van der Waals surface area (Å²) >= 11 is 0. The van der Waals surface area contributed by atoms with Gasteiger partial charge in [-0.2, -0.15) is 0 Å². The van der Waals surface area contributed by atoms with Gasteiger partial charge in [-0.1, -0.05) is 19.1 Å². The number of carbonyl (C=O) groups excluding carboxylic acids is 1. The molecule has 1 aliphatic rings. The number of benzene rings is 1. The minimum atomic E-state index is -0.840. The second-order valence-corrected chi connectivity index (χ2v) is 6.20. The molecule has 0 spiro atoms. The van der Waals surface area contributed by atoms with Gasteiger partial charge < -0.3 is 14.7 Å². The van der Waals surface area contributed by atoms with Crippen molar-refractivity contribution in [3.63, 3.8) is 0 Å². The molecule has 1 atom stereocenters. The van der Waals surface area contributed by atoms with E-state index in [4.69, 9.17) is 9.84 Å². The first-order valence-corrected chi connectivity index (χ1v) is 8.58. The lowest BCUT2D eigenvalue weighted by Crippen LogP contribution is -2.50. The minimum Gasteiger partial charge on any atom is -0.480 e. The molecule has 1 aromatic carbocycles. The molecule has 0 saturated carbocycles. The van der Waals surface area contributed by atoms with Crippen molar-refractivity contribution in [2.75, 3.05) is 26.2 Å². The van der Waals surface area contributed by atoms with Crippen LogP contribution >= 0.6 is 0 Å². The molecule has 1 amide bonds. The molecule has 1 aliphatic heterocycles. The number of rotatable bonds is 7.